The second-order valence-corrected chi connectivity index (χ2v) is 5.51. The molecule has 3 rings (SSSR count). The van der Waals surface area contributed by atoms with Gasteiger partial charge in [-0.2, -0.15) is 0 Å². The predicted octanol–water partition coefficient (Wildman–Crippen LogP) is 2.81. The SMILES string of the molecule is CCOc1ccccc1N1CCNC2CCCCC21. The van der Waals surface area contributed by atoms with Crippen LogP contribution < -0.4 is 15.0 Å². The Kier molecular flexibility index (Phi) is 3.92. The van der Waals surface area contributed by atoms with Crippen LogP contribution in [0.2, 0.25) is 0 Å². The molecule has 0 amide bonds. The molecule has 1 aromatic carbocycles. The summed E-state index contributed by atoms with van der Waals surface area (Å²) in [7, 11) is 0. The third kappa shape index (κ3) is 2.57. The lowest BCUT2D eigenvalue weighted by Gasteiger charge is -2.46. The summed E-state index contributed by atoms with van der Waals surface area (Å²) >= 11 is 0. The first kappa shape index (κ1) is 12.8. The lowest BCUT2D eigenvalue weighted by molar-refractivity contribution is 0.280. The minimum atomic E-state index is 0.643. The smallest absolute Gasteiger partial charge is 0.142 e. The van der Waals surface area contributed by atoms with Gasteiger partial charge < -0.3 is 15.0 Å². The quantitative estimate of drug-likeness (QED) is 0.904. The van der Waals surface area contributed by atoms with E-state index in [-0.39, 0.29) is 0 Å². The van der Waals surface area contributed by atoms with Crippen LogP contribution in [-0.4, -0.2) is 31.8 Å². The van der Waals surface area contributed by atoms with Crippen molar-refractivity contribution in [3.63, 3.8) is 0 Å². The molecule has 1 saturated heterocycles. The molecule has 19 heavy (non-hydrogen) atoms. The monoisotopic (exact) mass is 260 g/mol. The van der Waals surface area contributed by atoms with E-state index < -0.39 is 0 Å². The lowest BCUT2D eigenvalue weighted by atomic mass is 9.87. The van der Waals surface area contributed by atoms with Gasteiger partial charge in [-0.3, -0.25) is 0 Å². The largest absolute Gasteiger partial charge is 0.492 e. The fourth-order valence-electron chi connectivity index (χ4n) is 3.53. The van der Waals surface area contributed by atoms with Gasteiger partial charge in [-0.25, -0.2) is 0 Å². The van der Waals surface area contributed by atoms with E-state index in [1.807, 2.05) is 0 Å². The van der Waals surface area contributed by atoms with Crippen molar-refractivity contribution in [3.8, 4) is 5.75 Å². The number of fused-ring (bicyclic) bond motifs is 1. The molecule has 1 aromatic rings. The highest BCUT2D eigenvalue weighted by Gasteiger charge is 2.34. The van der Waals surface area contributed by atoms with Crippen molar-refractivity contribution in [3.05, 3.63) is 24.3 Å². The maximum absolute atomic E-state index is 5.81. The molecule has 3 heteroatoms. The molecule has 2 fully saturated rings. The average molecular weight is 260 g/mol. The highest BCUT2D eigenvalue weighted by molar-refractivity contribution is 5.59. The molecular formula is C16H24N2O. The molecule has 0 spiro atoms. The summed E-state index contributed by atoms with van der Waals surface area (Å²) in [4.78, 5) is 2.57. The molecule has 1 aliphatic carbocycles. The molecule has 2 atom stereocenters. The van der Waals surface area contributed by atoms with Crippen LogP contribution in [-0.2, 0) is 0 Å². The summed E-state index contributed by atoms with van der Waals surface area (Å²) < 4.78 is 5.81. The molecule has 2 aliphatic rings. The summed E-state index contributed by atoms with van der Waals surface area (Å²) in [6.45, 7) is 4.96. The van der Waals surface area contributed by atoms with Gasteiger partial charge in [-0.05, 0) is 31.9 Å². The molecule has 2 unspecified atom stereocenters. The molecule has 1 heterocycles. The number of para-hydroxylation sites is 2. The molecule has 0 radical (unpaired) electrons. The highest BCUT2D eigenvalue weighted by Crippen LogP contribution is 2.35. The summed E-state index contributed by atoms with van der Waals surface area (Å²) in [5.74, 6) is 1.04. The normalized spacial score (nSPS) is 26.9. The van der Waals surface area contributed by atoms with Gasteiger partial charge in [0.15, 0.2) is 0 Å². The number of benzene rings is 1. The Labute approximate surface area is 115 Å². The first-order valence-electron chi connectivity index (χ1n) is 7.62. The number of nitrogens with one attached hydrogen (secondary N) is 1. The number of hydrogen-bond donors (Lipinski definition) is 1. The Morgan fingerprint density at radius 2 is 2.11 bits per heavy atom. The summed E-state index contributed by atoms with van der Waals surface area (Å²) in [5, 5.41) is 3.69. The fraction of sp³-hybridized carbons (Fsp3) is 0.625. The summed E-state index contributed by atoms with van der Waals surface area (Å²) in [6.07, 6.45) is 5.35. The standard InChI is InChI=1S/C16H24N2O/c1-2-19-16-10-6-5-9-15(16)18-12-11-17-13-7-3-4-8-14(13)18/h5-6,9-10,13-14,17H,2-4,7-8,11-12H2,1H3. The van der Waals surface area contributed by atoms with Gasteiger partial charge in [0, 0.05) is 25.2 Å². The van der Waals surface area contributed by atoms with Gasteiger partial charge in [-0.1, -0.05) is 25.0 Å². The van der Waals surface area contributed by atoms with Gasteiger partial charge in [-0.15, -0.1) is 0 Å². The summed E-state index contributed by atoms with van der Waals surface area (Å²) in [5.41, 5.74) is 1.28. The molecule has 104 valence electrons. The number of piperazine rings is 1. The fourth-order valence-corrected chi connectivity index (χ4v) is 3.53. The Morgan fingerprint density at radius 1 is 1.26 bits per heavy atom. The van der Waals surface area contributed by atoms with E-state index in [2.05, 4.69) is 41.4 Å². The molecular weight excluding hydrogens is 236 g/mol. The van der Waals surface area contributed by atoms with Crippen LogP contribution in [0.5, 0.6) is 5.75 Å². The second kappa shape index (κ2) is 5.83. The molecule has 1 aliphatic heterocycles. The first-order chi connectivity index (χ1) is 9.40. The molecule has 3 nitrogen and oxygen atoms in total. The van der Waals surface area contributed by atoms with E-state index in [1.165, 1.54) is 31.4 Å². The number of nitrogens with zero attached hydrogens (tertiary/aromatic N) is 1. The van der Waals surface area contributed by atoms with E-state index in [0.29, 0.717) is 12.1 Å². The predicted molar refractivity (Wildman–Crippen MR) is 79.0 cm³/mol. The van der Waals surface area contributed by atoms with Crippen LogP contribution in [0.15, 0.2) is 24.3 Å². The minimum Gasteiger partial charge on any atom is -0.492 e. The van der Waals surface area contributed by atoms with Crippen LogP contribution in [0.1, 0.15) is 32.6 Å². The van der Waals surface area contributed by atoms with Gasteiger partial charge in [0.1, 0.15) is 5.75 Å². The third-order valence-corrected chi connectivity index (χ3v) is 4.36. The van der Waals surface area contributed by atoms with Crippen LogP contribution in [0, 0.1) is 0 Å². The van der Waals surface area contributed by atoms with Crippen molar-refractivity contribution in [2.75, 3.05) is 24.6 Å². The van der Waals surface area contributed by atoms with Crippen LogP contribution in [0.4, 0.5) is 5.69 Å². The van der Waals surface area contributed by atoms with E-state index in [9.17, 15) is 0 Å². The van der Waals surface area contributed by atoms with Crippen molar-refractivity contribution in [1.29, 1.82) is 0 Å². The van der Waals surface area contributed by atoms with Crippen molar-refractivity contribution in [2.24, 2.45) is 0 Å². The Bertz CT molecular complexity index is 419. The van der Waals surface area contributed by atoms with Crippen LogP contribution in [0.3, 0.4) is 0 Å². The average Bonchev–Trinajstić information content (AvgIpc) is 2.48. The van der Waals surface area contributed by atoms with Crippen LogP contribution >= 0.6 is 0 Å². The Morgan fingerprint density at radius 3 is 3.00 bits per heavy atom. The van der Waals surface area contributed by atoms with Crippen molar-refractivity contribution >= 4 is 5.69 Å². The zero-order valence-corrected chi connectivity index (χ0v) is 11.8. The van der Waals surface area contributed by atoms with Crippen molar-refractivity contribution in [2.45, 2.75) is 44.7 Å². The zero-order chi connectivity index (χ0) is 13.1. The number of anilines is 1. The highest BCUT2D eigenvalue weighted by atomic mass is 16.5. The number of ether oxygens (including phenoxy) is 1. The van der Waals surface area contributed by atoms with Crippen molar-refractivity contribution in [1.82, 2.24) is 5.32 Å². The molecule has 0 aromatic heterocycles. The molecule has 1 N–H and O–H groups in total. The van der Waals surface area contributed by atoms with E-state index in [0.717, 1.165) is 25.4 Å². The first-order valence-corrected chi connectivity index (χ1v) is 7.62. The van der Waals surface area contributed by atoms with Crippen molar-refractivity contribution < 1.29 is 4.74 Å². The molecule has 1 saturated carbocycles. The number of rotatable bonds is 3. The van der Waals surface area contributed by atoms with E-state index in [4.69, 9.17) is 4.74 Å². The second-order valence-electron chi connectivity index (χ2n) is 5.51. The maximum atomic E-state index is 5.81. The Hall–Kier alpha value is -1.22. The van der Waals surface area contributed by atoms with Gasteiger partial charge in [0.25, 0.3) is 0 Å². The zero-order valence-electron chi connectivity index (χ0n) is 11.8. The van der Waals surface area contributed by atoms with E-state index >= 15 is 0 Å². The topological polar surface area (TPSA) is 24.5 Å². The minimum absolute atomic E-state index is 0.643. The van der Waals surface area contributed by atoms with Crippen LogP contribution in [0.25, 0.3) is 0 Å². The third-order valence-electron chi connectivity index (χ3n) is 4.36. The van der Waals surface area contributed by atoms with Gasteiger partial charge in [0.2, 0.25) is 0 Å². The maximum Gasteiger partial charge on any atom is 0.142 e. The lowest BCUT2D eigenvalue weighted by Crippen LogP contribution is -2.59. The molecule has 0 bridgehead atoms. The number of hydrogen-bond acceptors (Lipinski definition) is 3. The van der Waals surface area contributed by atoms with Gasteiger partial charge >= 0.3 is 0 Å². The van der Waals surface area contributed by atoms with Gasteiger partial charge in [0.05, 0.1) is 12.3 Å². The summed E-state index contributed by atoms with van der Waals surface area (Å²) in [6, 6.07) is 9.80. The van der Waals surface area contributed by atoms with E-state index in [1.54, 1.807) is 0 Å². The Balaban J connectivity index is 1.87.